The van der Waals surface area contributed by atoms with Gasteiger partial charge < -0.3 is 5.73 Å². The Morgan fingerprint density at radius 3 is 1.88 bits per heavy atom. The Balaban J connectivity index is 0.000000514. The molecule has 0 spiro atoms. The predicted molar refractivity (Wildman–Crippen MR) is 73.7 cm³/mol. The zero-order valence-corrected chi connectivity index (χ0v) is 10.0. The van der Waals surface area contributed by atoms with Crippen molar-refractivity contribution in [1.82, 2.24) is 0 Å². The van der Waals surface area contributed by atoms with Crippen LogP contribution in [0.2, 0.25) is 0 Å². The van der Waals surface area contributed by atoms with E-state index in [2.05, 4.69) is 72.5 Å². The highest BCUT2D eigenvalue weighted by Crippen LogP contribution is 2.45. The molecule has 0 heterocycles. The van der Waals surface area contributed by atoms with E-state index in [1.807, 2.05) is 0 Å². The summed E-state index contributed by atoms with van der Waals surface area (Å²) in [5, 5.41) is 0. The van der Waals surface area contributed by atoms with Crippen molar-refractivity contribution in [1.29, 1.82) is 0 Å². The van der Waals surface area contributed by atoms with Crippen LogP contribution in [0.4, 0.5) is 0 Å². The van der Waals surface area contributed by atoms with E-state index in [4.69, 9.17) is 0 Å². The van der Waals surface area contributed by atoms with Crippen molar-refractivity contribution in [3.05, 3.63) is 77.9 Å². The quantitative estimate of drug-likeness (QED) is 0.829. The first-order chi connectivity index (χ1) is 8.45. The summed E-state index contributed by atoms with van der Waals surface area (Å²) >= 11 is 0. The third-order valence-corrected chi connectivity index (χ3v) is 2.84. The van der Waals surface area contributed by atoms with E-state index in [9.17, 15) is 0 Å². The fourth-order valence-corrected chi connectivity index (χ4v) is 1.97. The predicted octanol–water partition coefficient (Wildman–Crippen LogP) is 3.44. The van der Waals surface area contributed by atoms with E-state index in [1.165, 1.54) is 23.7 Å². The van der Waals surface area contributed by atoms with Gasteiger partial charge in [-0.1, -0.05) is 66.7 Å². The fourth-order valence-electron chi connectivity index (χ4n) is 1.97. The van der Waals surface area contributed by atoms with E-state index < -0.39 is 0 Å². The third kappa shape index (κ3) is 2.63. The summed E-state index contributed by atoms with van der Waals surface area (Å²) in [6.45, 7) is 0. The second kappa shape index (κ2) is 5.46. The fraction of sp³-hybridized carbons (Fsp3) is 0.125. The molecule has 0 saturated heterocycles. The van der Waals surface area contributed by atoms with Crippen LogP contribution in [-0.4, -0.2) is 7.05 Å². The van der Waals surface area contributed by atoms with Gasteiger partial charge in [0.1, 0.15) is 0 Å². The lowest BCUT2D eigenvalue weighted by Crippen LogP contribution is -1.82. The minimum Gasteiger partial charge on any atom is -0.333 e. The molecule has 1 heteroatoms. The highest BCUT2D eigenvalue weighted by atomic mass is 14.4. The second-order valence-electron chi connectivity index (χ2n) is 3.88. The van der Waals surface area contributed by atoms with Crippen molar-refractivity contribution in [3.63, 3.8) is 0 Å². The second-order valence-corrected chi connectivity index (χ2v) is 3.88. The molecule has 0 radical (unpaired) electrons. The minimum absolute atomic E-state index is 0.550. The van der Waals surface area contributed by atoms with Crippen molar-refractivity contribution < 1.29 is 0 Å². The van der Waals surface area contributed by atoms with Gasteiger partial charge in [0.05, 0.1) is 0 Å². The SMILES string of the molecule is C1=C(c2ccccc2)C1c1ccccc1.CN. The summed E-state index contributed by atoms with van der Waals surface area (Å²) < 4.78 is 0. The number of allylic oxidation sites excluding steroid dienone is 2. The average Bonchev–Trinajstić information content (AvgIpc) is 3.23. The van der Waals surface area contributed by atoms with Crippen LogP contribution in [0, 0.1) is 0 Å². The first kappa shape index (κ1) is 11.6. The molecule has 0 bridgehead atoms. The Kier molecular flexibility index (Phi) is 3.73. The molecule has 2 aromatic rings. The van der Waals surface area contributed by atoms with Gasteiger partial charge in [-0.25, -0.2) is 0 Å². The lowest BCUT2D eigenvalue weighted by atomic mass is 10.0. The van der Waals surface area contributed by atoms with Gasteiger partial charge in [-0.3, -0.25) is 0 Å². The van der Waals surface area contributed by atoms with Crippen molar-refractivity contribution in [2.45, 2.75) is 5.92 Å². The van der Waals surface area contributed by atoms with Gasteiger partial charge >= 0.3 is 0 Å². The molecule has 0 amide bonds. The number of benzene rings is 2. The van der Waals surface area contributed by atoms with E-state index in [0.717, 1.165) is 0 Å². The van der Waals surface area contributed by atoms with Gasteiger partial charge in [0.25, 0.3) is 0 Å². The maximum Gasteiger partial charge on any atom is 0.0278 e. The van der Waals surface area contributed by atoms with Crippen molar-refractivity contribution in [2.75, 3.05) is 7.05 Å². The average molecular weight is 223 g/mol. The first-order valence-corrected chi connectivity index (χ1v) is 5.85. The van der Waals surface area contributed by atoms with Crippen LogP contribution in [0.5, 0.6) is 0 Å². The molecule has 0 aliphatic heterocycles. The molecule has 2 aromatic carbocycles. The zero-order chi connectivity index (χ0) is 12.1. The zero-order valence-electron chi connectivity index (χ0n) is 10.0. The largest absolute Gasteiger partial charge is 0.333 e. The number of nitrogens with two attached hydrogens (primary N) is 1. The van der Waals surface area contributed by atoms with E-state index in [0.29, 0.717) is 5.92 Å². The molecule has 1 aliphatic carbocycles. The van der Waals surface area contributed by atoms with E-state index in [1.54, 1.807) is 0 Å². The Morgan fingerprint density at radius 1 is 0.765 bits per heavy atom. The van der Waals surface area contributed by atoms with Crippen LogP contribution >= 0.6 is 0 Å². The van der Waals surface area contributed by atoms with Crippen LogP contribution < -0.4 is 5.73 Å². The standard InChI is InChI=1S/C15H12.CH5N/c1-3-7-12(8-4-1)14-11-15(14)13-9-5-2-6-10-13;1-2/h1-11,14H;2H2,1H3. The van der Waals surface area contributed by atoms with Gasteiger partial charge in [0.15, 0.2) is 0 Å². The number of hydrogen-bond acceptors (Lipinski definition) is 1. The molecule has 1 aliphatic rings. The summed E-state index contributed by atoms with van der Waals surface area (Å²) in [7, 11) is 1.50. The molecule has 0 aromatic heterocycles. The van der Waals surface area contributed by atoms with Crippen LogP contribution in [0.25, 0.3) is 5.57 Å². The number of rotatable bonds is 2. The van der Waals surface area contributed by atoms with Crippen LogP contribution in [0.1, 0.15) is 17.0 Å². The summed E-state index contributed by atoms with van der Waals surface area (Å²) in [5.74, 6) is 0.550. The van der Waals surface area contributed by atoms with Crippen molar-refractivity contribution in [3.8, 4) is 0 Å². The molecule has 3 rings (SSSR count). The monoisotopic (exact) mass is 223 g/mol. The summed E-state index contributed by atoms with van der Waals surface area (Å²) in [6, 6.07) is 21.2. The maximum atomic E-state index is 4.50. The molecule has 2 N–H and O–H groups in total. The summed E-state index contributed by atoms with van der Waals surface area (Å²) in [6.07, 6.45) is 2.32. The van der Waals surface area contributed by atoms with Gasteiger partial charge in [-0.15, -0.1) is 0 Å². The third-order valence-electron chi connectivity index (χ3n) is 2.84. The lowest BCUT2D eigenvalue weighted by Gasteiger charge is -2.00. The van der Waals surface area contributed by atoms with E-state index in [-0.39, 0.29) is 0 Å². The molecule has 0 saturated carbocycles. The summed E-state index contributed by atoms with van der Waals surface area (Å²) in [5.41, 5.74) is 8.71. The molecule has 1 nitrogen and oxygen atoms in total. The maximum absolute atomic E-state index is 4.50. The Morgan fingerprint density at radius 2 is 1.29 bits per heavy atom. The summed E-state index contributed by atoms with van der Waals surface area (Å²) in [4.78, 5) is 0. The van der Waals surface area contributed by atoms with Crippen LogP contribution in [0.3, 0.4) is 0 Å². The Labute approximate surface area is 103 Å². The molecule has 1 unspecified atom stereocenters. The van der Waals surface area contributed by atoms with Crippen LogP contribution in [-0.2, 0) is 0 Å². The minimum atomic E-state index is 0.550. The first-order valence-electron chi connectivity index (χ1n) is 5.85. The van der Waals surface area contributed by atoms with Gasteiger partial charge in [0.2, 0.25) is 0 Å². The molecule has 1 atom stereocenters. The van der Waals surface area contributed by atoms with E-state index >= 15 is 0 Å². The molecule has 86 valence electrons. The normalized spacial score (nSPS) is 16.6. The Hall–Kier alpha value is -1.86. The molecule has 17 heavy (non-hydrogen) atoms. The number of hydrogen-bond donors (Lipinski definition) is 1. The lowest BCUT2D eigenvalue weighted by molar-refractivity contribution is 1.24. The highest BCUT2D eigenvalue weighted by molar-refractivity contribution is 5.85. The van der Waals surface area contributed by atoms with Crippen LogP contribution in [0.15, 0.2) is 66.7 Å². The van der Waals surface area contributed by atoms with Crippen molar-refractivity contribution >= 4 is 5.57 Å². The van der Waals surface area contributed by atoms with Crippen molar-refractivity contribution in [2.24, 2.45) is 5.73 Å². The molecular formula is C16H17N. The smallest absolute Gasteiger partial charge is 0.0278 e. The van der Waals surface area contributed by atoms with Gasteiger partial charge in [-0.2, -0.15) is 0 Å². The highest BCUT2D eigenvalue weighted by Gasteiger charge is 2.26. The molecule has 0 fully saturated rings. The van der Waals surface area contributed by atoms with Gasteiger partial charge in [0, 0.05) is 5.92 Å². The topological polar surface area (TPSA) is 26.0 Å². The molecular weight excluding hydrogens is 206 g/mol. The Bertz CT molecular complexity index is 485. The van der Waals surface area contributed by atoms with Gasteiger partial charge in [-0.05, 0) is 23.7 Å².